The zero-order valence-corrected chi connectivity index (χ0v) is 17.4. The van der Waals surface area contributed by atoms with Gasteiger partial charge in [-0.05, 0) is 49.3 Å². The summed E-state index contributed by atoms with van der Waals surface area (Å²) in [5, 5.41) is 12.3. The maximum atomic E-state index is 12.8. The molecule has 6 rings (SSSR count). The number of imidazole rings is 1. The maximum Gasteiger partial charge on any atom is 0.272 e. The summed E-state index contributed by atoms with van der Waals surface area (Å²) >= 11 is 6.15. The van der Waals surface area contributed by atoms with Crippen molar-refractivity contribution in [3.8, 4) is 0 Å². The molecule has 0 saturated heterocycles. The predicted molar refractivity (Wildman–Crippen MR) is 117 cm³/mol. The fourth-order valence-corrected chi connectivity index (χ4v) is 5.66. The number of amides is 1. The van der Waals surface area contributed by atoms with Gasteiger partial charge in [0.2, 0.25) is 0 Å². The van der Waals surface area contributed by atoms with Crippen LogP contribution in [0.1, 0.15) is 47.8 Å². The number of H-pyrrole nitrogens is 1. The lowest BCUT2D eigenvalue weighted by Crippen LogP contribution is -2.55. The second-order valence-electron chi connectivity index (χ2n) is 8.86. The van der Waals surface area contributed by atoms with Gasteiger partial charge < -0.3 is 5.32 Å². The molecule has 7 nitrogen and oxygen atoms in total. The van der Waals surface area contributed by atoms with Gasteiger partial charge >= 0.3 is 0 Å². The monoisotopic (exact) mass is 433 g/mol. The molecular weight excluding hydrogens is 414 g/mol. The summed E-state index contributed by atoms with van der Waals surface area (Å²) in [5.41, 5.74) is 2.18. The first kappa shape index (κ1) is 18.6. The number of halogens is 1. The first-order valence-electron chi connectivity index (χ1n) is 10.4. The van der Waals surface area contributed by atoms with Gasteiger partial charge in [0.15, 0.2) is 5.65 Å². The standard InChI is InChI=1S/C23H20ClN5O2/c24-17-6-3-7-29-18(12-25-20(17)29)22(31)26-14-10-23(11-14)8-13(9-23)19-15-4-1-2-5-16(15)21(30)28-27-19/h1-7,12-14H,8-11H2,(H,26,31)(H,28,30)/t13-,14-,23?. The number of nitrogens with zero attached hydrogens (tertiary/aromatic N) is 3. The zero-order valence-electron chi connectivity index (χ0n) is 16.6. The Morgan fingerprint density at radius 1 is 1.13 bits per heavy atom. The molecule has 2 N–H and O–H groups in total. The molecule has 4 aromatic rings. The van der Waals surface area contributed by atoms with Gasteiger partial charge in [-0.15, -0.1) is 0 Å². The Balaban J connectivity index is 1.12. The molecule has 0 unspecified atom stereocenters. The molecule has 1 aromatic carbocycles. The Hall–Kier alpha value is -3.19. The van der Waals surface area contributed by atoms with Gasteiger partial charge in [-0.25, -0.2) is 10.1 Å². The number of nitrogens with one attached hydrogen (secondary N) is 2. The minimum absolute atomic E-state index is 0.126. The first-order chi connectivity index (χ1) is 15.0. The maximum absolute atomic E-state index is 12.8. The van der Waals surface area contributed by atoms with Gasteiger partial charge in [0.05, 0.1) is 22.3 Å². The first-order valence-corrected chi connectivity index (χ1v) is 10.8. The predicted octanol–water partition coefficient (Wildman–Crippen LogP) is 3.68. The molecule has 0 radical (unpaired) electrons. The fourth-order valence-electron chi connectivity index (χ4n) is 5.45. The van der Waals surface area contributed by atoms with Crippen LogP contribution in [0, 0.1) is 5.41 Å². The van der Waals surface area contributed by atoms with Crippen molar-refractivity contribution in [2.24, 2.45) is 5.41 Å². The van der Waals surface area contributed by atoms with Crippen molar-refractivity contribution in [3.63, 3.8) is 0 Å². The number of benzene rings is 1. The minimum atomic E-state index is -0.145. The molecule has 2 saturated carbocycles. The van der Waals surface area contributed by atoms with Crippen LogP contribution in [0.5, 0.6) is 0 Å². The minimum Gasteiger partial charge on any atom is -0.348 e. The molecular formula is C23H20ClN5O2. The van der Waals surface area contributed by atoms with E-state index in [-0.39, 0.29) is 22.9 Å². The largest absolute Gasteiger partial charge is 0.348 e. The summed E-state index contributed by atoms with van der Waals surface area (Å²) in [6.45, 7) is 0. The van der Waals surface area contributed by atoms with Gasteiger partial charge in [-0.2, -0.15) is 5.10 Å². The summed E-state index contributed by atoms with van der Waals surface area (Å²) in [6, 6.07) is 11.4. The summed E-state index contributed by atoms with van der Waals surface area (Å²) in [7, 11) is 0. The van der Waals surface area contributed by atoms with Crippen molar-refractivity contribution in [3.05, 3.63) is 75.6 Å². The van der Waals surface area contributed by atoms with E-state index in [9.17, 15) is 9.59 Å². The molecule has 2 fully saturated rings. The van der Waals surface area contributed by atoms with Crippen molar-refractivity contribution in [2.45, 2.75) is 37.6 Å². The van der Waals surface area contributed by atoms with Crippen molar-refractivity contribution in [2.75, 3.05) is 0 Å². The smallest absolute Gasteiger partial charge is 0.272 e. The van der Waals surface area contributed by atoms with Crippen LogP contribution in [0.3, 0.4) is 0 Å². The number of fused-ring (bicyclic) bond motifs is 2. The lowest BCUT2D eigenvalue weighted by Gasteiger charge is -2.57. The quantitative estimate of drug-likeness (QED) is 0.515. The van der Waals surface area contributed by atoms with Crippen LogP contribution in [0.2, 0.25) is 5.02 Å². The van der Waals surface area contributed by atoms with E-state index in [4.69, 9.17) is 11.6 Å². The highest BCUT2D eigenvalue weighted by Gasteiger charge is 2.54. The van der Waals surface area contributed by atoms with Crippen molar-refractivity contribution >= 4 is 33.9 Å². The Labute approximate surface area is 182 Å². The van der Waals surface area contributed by atoms with Crippen LogP contribution in [-0.2, 0) is 0 Å². The third kappa shape index (κ3) is 2.87. The van der Waals surface area contributed by atoms with Gasteiger partial charge in [-0.3, -0.25) is 14.0 Å². The SMILES string of the molecule is O=C(N[C@H]1CC2(C1)C[C@H](c1n[nH]c(=O)c3ccccc31)C2)c1cnc2c(Cl)cccn12. The highest BCUT2D eigenvalue weighted by Crippen LogP contribution is 2.62. The molecule has 3 heterocycles. The molecule has 2 aliphatic rings. The van der Waals surface area contributed by atoms with Gasteiger partial charge in [-0.1, -0.05) is 29.8 Å². The molecule has 3 aromatic heterocycles. The molecule has 156 valence electrons. The van der Waals surface area contributed by atoms with E-state index < -0.39 is 0 Å². The lowest BCUT2D eigenvalue weighted by molar-refractivity contribution is -0.0197. The summed E-state index contributed by atoms with van der Waals surface area (Å²) < 4.78 is 1.72. The van der Waals surface area contributed by atoms with Gasteiger partial charge in [0.25, 0.3) is 11.5 Å². The van der Waals surface area contributed by atoms with Crippen LogP contribution >= 0.6 is 11.6 Å². The average molecular weight is 434 g/mol. The average Bonchev–Trinajstić information content (AvgIpc) is 3.15. The number of rotatable bonds is 3. The van der Waals surface area contributed by atoms with Gasteiger partial charge in [0, 0.05) is 23.5 Å². The van der Waals surface area contributed by atoms with Crippen LogP contribution in [0.4, 0.5) is 0 Å². The van der Waals surface area contributed by atoms with Crippen molar-refractivity contribution in [1.82, 2.24) is 24.9 Å². The van der Waals surface area contributed by atoms with Crippen LogP contribution < -0.4 is 10.9 Å². The zero-order chi connectivity index (χ0) is 21.2. The fraction of sp³-hybridized carbons (Fsp3) is 0.304. The van der Waals surface area contributed by atoms with E-state index in [1.54, 1.807) is 28.9 Å². The molecule has 31 heavy (non-hydrogen) atoms. The molecule has 1 amide bonds. The van der Waals surface area contributed by atoms with E-state index in [0.29, 0.717) is 27.7 Å². The number of pyridine rings is 1. The number of carbonyl (C=O) groups is 1. The van der Waals surface area contributed by atoms with Gasteiger partial charge in [0.1, 0.15) is 5.69 Å². The highest BCUT2D eigenvalue weighted by molar-refractivity contribution is 6.33. The lowest BCUT2D eigenvalue weighted by atomic mass is 9.49. The Kier molecular flexibility index (Phi) is 3.99. The Morgan fingerprint density at radius 3 is 2.71 bits per heavy atom. The van der Waals surface area contributed by atoms with Crippen molar-refractivity contribution in [1.29, 1.82) is 0 Å². The van der Waals surface area contributed by atoms with E-state index in [2.05, 4.69) is 20.5 Å². The number of hydrogen-bond donors (Lipinski definition) is 2. The van der Waals surface area contributed by atoms with Crippen LogP contribution in [0.15, 0.2) is 53.6 Å². The third-order valence-electron chi connectivity index (χ3n) is 6.89. The summed E-state index contributed by atoms with van der Waals surface area (Å²) in [5.74, 6) is 0.220. The van der Waals surface area contributed by atoms with Crippen LogP contribution in [-0.4, -0.2) is 31.5 Å². The van der Waals surface area contributed by atoms with Crippen molar-refractivity contribution < 1.29 is 4.79 Å². The normalized spacial score (nSPS) is 24.8. The molecule has 0 atom stereocenters. The molecule has 0 aliphatic heterocycles. The number of aromatic amines is 1. The number of carbonyl (C=O) groups excluding carboxylic acids is 1. The molecule has 8 heteroatoms. The third-order valence-corrected chi connectivity index (χ3v) is 7.18. The Bertz CT molecular complexity index is 1390. The topological polar surface area (TPSA) is 92.1 Å². The van der Waals surface area contributed by atoms with Crippen LogP contribution in [0.25, 0.3) is 16.4 Å². The Morgan fingerprint density at radius 2 is 1.90 bits per heavy atom. The molecule has 0 bridgehead atoms. The molecule has 2 aliphatic carbocycles. The van der Waals surface area contributed by atoms with E-state index in [1.165, 1.54) is 0 Å². The number of aromatic nitrogens is 4. The van der Waals surface area contributed by atoms with E-state index >= 15 is 0 Å². The second kappa shape index (κ2) is 6.65. The summed E-state index contributed by atoms with van der Waals surface area (Å²) in [6.07, 6.45) is 7.37. The highest BCUT2D eigenvalue weighted by atomic mass is 35.5. The van der Waals surface area contributed by atoms with E-state index in [0.717, 1.165) is 36.8 Å². The second-order valence-corrected chi connectivity index (χ2v) is 9.27. The van der Waals surface area contributed by atoms with E-state index in [1.807, 2.05) is 24.3 Å². The number of hydrogen-bond acceptors (Lipinski definition) is 4. The summed E-state index contributed by atoms with van der Waals surface area (Å²) in [4.78, 5) is 29.0. The molecule has 1 spiro atoms.